The second kappa shape index (κ2) is 8.65. The third kappa shape index (κ3) is 4.00. The molecule has 166 valence electrons. The summed E-state index contributed by atoms with van der Waals surface area (Å²) in [5.74, 6) is 6.51. The molecule has 0 unspecified atom stereocenters. The molecule has 3 heterocycles. The van der Waals surface area contributed by atoms with Crippen molar-refractivity contribution in [2.75, 3.05) is 11.9 Å². The molecule has 0 amide bonds. The fourth-order valence-electron chi connectivity index (χ4n) is 4.38. The van der Waals surface area contributed by atoms with Crippen LogP contribution in [0.15, 0.2) is 66.6 Å². The van der Waals surface area contributed by atoms with E-state index in [-0.39, 0.29) is 0 Å². The lowest BCUT2D eigenvalue weighted by Crippen LogP contribution is -2.00. The second-order valence-electron chi connectivity index (χ2n) is 8.41. The number of H-pyrrole nitrogens is 1. The predicted octanol–water partition coefficient (Wildman–Crippen LogP) is 5.12. The van der Waals surface area contributed by atoms with Crippen molar-refractivity contribution in [3.63, 3.8) is 0 Å². The van der Waals surface area contributed by atoms with Gasteiger partial charge in [-0.2, -0.15) is 10.2 Å². The van der Waals surface area contributed by atoms with Crippen LogP contribution in [0.3, 0.4) is 0 Å². The van der Waals surface area contributed by atoms with Crippen molar-refractivity contribution in [2.45, 2.75) is 19.9 Å². The van der Waals surface area contributed by atoms with Crippen molar-refractivity contribution in [2.24, 2.45) is 0 Å². The van der Waals surface area contributed by atoms with Gasteiger partial charge in [0, 0.05) is 34.2 Å². The van der Waals surface area contributed by atoms with E-state index in [9.17, 15) is 0 Å². The Balaban J connectivity index is 1.16. The van der Waals surface area contributed by atoms with Crippen LogP contribution in [0.25, 0.3) is 22.5 Å². The van der Waals surface area contributed by atoms with Crippen LogP contribution in [-0.2, 0) is 13.0 Å². The first-order valence-electron chi connectivity index (χ1n) is 11.1. The van der Waals surface area contributed by atoms with Crippen molar-refractivity contribution in [1.29, 1.82) is 0 Å². The summed E-state index contributed by atoms with van der Waals surface area (Å²) in [5.41, 5.74) is 10.6. The van der Waals surface area contributed by atoms with Gasteiger partial charge in [0.25, 0.3) is 0 Å². The highest BCUT2D eigenvalue weighted by Gasteiger charge is 2.25. The first-order chi connectivity index (χ1) is 16.7. The van der Waals surface area contributed by atoms with Crippen LogP contribution in [-0.4, -0.2) is 31.5 Å². The summed E-state index contributed by atoms with van der Waals surface area (Å²) in [6.07, 6.45) is 4.18. The zero-order valence-corrected chi connectivity index (χ0v) is 19.5. The maximum absolute atomic E-state index is 4.65. The maximum Gasteiger partial charge on any atom is 0.137 e. The summed E-state index contributed by atoms with van der Waals surface area (Å²) in [7, 11) is 0. The van der Waals surface area contributed by atoms with Crippen molar-refractivity contribution < 1.29 is 0 Å². The molecule has 0 spiro atoms. The lowest BCUT2D eigenvalue weighted by Gasteiger charge is -2.05. The number of nitrogens with zero attached hydrogens (tertiary/aromatic N) is 4. The van der Waals surface area contributed by atoms with Gasteiger partial charge in [0.2, 0.25) is 0 Å². The quantitative estimate of drug-likeness (QED) is 0.349. The van der Waals surface area contributed by atoms with Gasteiger partial charge in [-0.05, 0) is 41.8 Å². The third-order valence-corrected chi connectivity index (χ3v) is 6.81. The van der Waals surface area contributed by atoms with Gasteiger partial charge >= 0.3 is 0 Å². The first-order valence-corrected chi connectivity index (χ1v) is 12.0. The van der Waals surface area contributed by atoms with Gasteiger partial charge in [0.1, 0.15) is 12.7 Å². The first kappa shape index (κ1) is 20.5. The molecule has 1 aliphatic rings. The standard InChI is InChI=1S/C27H22N6S/c1-18-4-2-5-22(10-18)29-9-3-6-23-12-21(15-34-23)26-25-13-20-11-19(14-33-17-28-16-30-33)7-8-24(20)27(25)32-31-26/h2,4-5,7-8,10-12,15-17,29H,9,13-14H2,1H3,(H,31,32). The van der Waals surface area contributed by atoms with E-state index in [1.807, 2.05) is 4.68 Å². The van der Waals surface area contributed by atoms with Crippen LogP contribution in [0.4, 0.5) is 5.69 Å². The molecule has 3 aromatic heterocycles. The number of benzene rings is 2. The van der Waals surface area contributed by atoms with E-state index in [0.29, 0.717) is 6.54 Å². The largest absolute Gasteiger partial charge is 0.374 e. The van der Waals surface area contributed by atoms with E-state index in [2.05, 4.69) is 98.3 Å². The van der Waals surface area contributed by atoms with Crippen molar-refractivity contribution in [3.05, 3.63) is 93.7 Å². The summed E-state index contributed by atoms with van der Waals surface area (Å²) in [5, 5.41) is 17.6. The molecule has 0 saturated carbocycles. The molecule has 7 heteroatoms. The van der Waals surface area contributed by atoms with E-state index in [0.717, 1.165) is 40.5 Å². The molecule has 1 aliphatic carbocycles. The molecule has 0 atom stereocenters. The van der Waals surface area contributed by atoms with E-state index < -0.39 is 0 Å². The van der Waals surface area contributed by atoms with Crippen molar-refractivity contribution >= 4 is 17.0 Å². The minimum absolute atomic E-state index is 0.612. The molecule has 0 radical (unpaired) electrons. The van der Waals surface area contributed by atoms with Crippen molar-refractivity contribution in [1.82, 2.24) is 25.0 Å². The zero-order valence-electron chi connectivity index (χ0n) is 18.7. The van der Waals surface area contributed by atoms with Crippen molar-refractivity contribution in [3.8, 4) is 34.4 Å². The summed E-state index contributed by atoms with van der Waals surface area (Å²) in [6.45, 7) is 3.42. The van der Waals surface area contributed by atoms with Gasteiger partial charge in [-0.25, -0.2) is 9.67 Å². The Morgan fingerprint density at radius 1 is 1.18 bits per heavy atom. The van der Waals surface area contributed by atoms with E-state index >= 15 is 0 Å². The Morgan fingerprint density at radius 2 is 2.15 bits per heavy atom. The molecule has 6 rings (SSSR count). The molecule has 0 bridgehead atoms. The van der Waals surface area contributed by atoms with Crippen LogP contribution in [0, 0.1) is 18.8 Å². The fraction of sp³-hybridized carbons (Fsp3) is 0.148. The van der Waals surface area contributed by atoms with Crippen LogP contribution >= 0.6 is 11.3 Å². The number of aromatic nitrogens is 5. The number of nitrogens with one attached hydrogen (secondary N) is 2. The average molecular weight is 463 g/mol. The van der Waals surface area contributed by atoms with Gasteiger partial charge in [-0.15, -0.1) is 11.3 Å². The van der Waals surface area contributed by atoms with Gasteiger partial charge in [0.15, 0.2) is 0 Å². The van der Waals surface area contributed by atoms with Gasteiger partial charge < -0.3 is 5.32 Å². The number of hydrogen-bond acceptors (Lipinski definition) is 5. The Bertz CT molecular complexity index is 1530. The zero-order chi connectivity index (χ0) is 22.9. The average Bonchev–Trinajstić information content (AvgIpc) is 3.62. The molecule has 6 nitrogen and oxygen atoms in total. The lowest BCUT2D eigenvalue weighted by atomic mass is 10.1. The highest BCUT2D eigenvalue weighted by atomic mass is 32.1. The highest BCUT2D eigenvalue weighted by Crippen LogP contribution is 2.41. The molecular formula is C27H22N6S. The van der Waals surface area contributed by atoms with Crippen LogP contribution < -0.4 is 5.32 Å². The lowest BCUT2D eigenvalue weighted by molar-refractivity contribution is 0.684. The Hall–Kier alpha value is -4.15. The second-order valence-corrected chi connectivity index (χ2v) is 9.32. The molecule has 0 aliphatic heterocycles. The van der Waals surface area contributed by atoms with Crippen LogP contribution in [0.5, 0.6) is 0 Å². The number of aryl methyl sites for hydroxylation is 1. The fourth-order valence-corrected chi connectivity index (χ4v) is 5.14. The Morgan fingerprint density at radius 3 is 3.03 bits per heavy atom. The molecule has 2 aromatic carbocycles. The maximum atomic E-state index is 4.65. The summed E-state index contributed by atoms with van der Waals surface area (Å²) in [6, 6.07) is 17.1. The molecular weight excluding hydrogens is 440 g/mol. The number of hydrogen-bond donors (Lipinski definition) is 2. The Kier molecular flexibility index (Phi) is 5.21. The normalized spacial score (nSPS) is 11.6. The summed E-state index contributed by atoms with van der Waals surface area (Å²) < 4.78 is 1.84. The van der Waals surface area contributed by atoms with Crippen LogP contribution in [0.2, 0.25) is 0 Å². The van der Waals surface area contributed by atoms with Gasteiger partial charge in [-0.3, -0.25) is 5.10 Å². The number of rotatable bonds is 5. The number of anilines is 1. The number of aromatic amines is 1. The summed E-state index contributed by atoms with van der Waals surface area (Å²) in [4.78, 5) is 5.07. The minimum atomic E-state index is 0.612. The third-order valence-electron chi connectivity index (χ3n) is 5.97. The molecule has 0 saturated heterocycles. The van der Waals surface area contributed by atoms with Gasteiger partial charge in [0.05, 0.1) is 29.4 Å². The van der Waals surface area contributed by atoms with E-state index in [1.54, 1.807) is 24.0 Å². The Labute approximate surface area is 201 Å². The highest BCUT2D eigenvalue weighted by molar-refractivity contribution is 7.11. The number of fused-ring (bicyclic) bond motifs is 3. The molecule has 0 fully saturated rings. The monoisotopic (exact) mass is 462 g/mol. The molecule has 2 N–H and O–H groups in total. The van der Waals surface area contributed by atoms with Crippen LogP contribution in [0.1, 0.15) is 27.1 Å². The number of thiophene rings is 1. The molecule has 5 aromatic rings. The SMILES string of the molecule is Cc1cccc(NCC#Cc2cc(-c3n[nH]c4c3Cc3cc(Cn5cncn5)ccc3-4)cs2)c1. The topological polar surface area (TPSA) is 71.4 Å². The smallest absolute Gasteiger partial charge is 0.137 e. The molecule has 34 heavy (non-hydrogen) atoms. The summed E-state index contributed by atoms with van der Waals surface area (Å²) >= 11 is 1.66. The van der Waals surface area contributed by atoms with E-state index in [1.165, 1.54) is 27.8 Å². The van der Waals surface area contributed by atoms with Gasteiger partial charge in [-0.1, -0.05) is 42.2 Å². The van der Waals surface area contributed by atoms with E-state index in [4.69, 9.17) is 0 Å². The predicted molar refractivity (Wildman–Crippen MR) is 136 cm³/mol. The minimum Gasteiger partial charge on any atom is -0.374 e.